The zero-order chi connectivity index (χ0) is 22.4. The van der Waals surface area contributed by atoms with E-state index in [-0.39, 0.29) is 27.1 Å². The zero-order valence-electron chi connectivity index (χ0n) is 16.5. The minimum atomic E-state index is -3.72. The Morgan fingerprint density at radius 2 is 1.74 bits per heavy atom. The van der Waals surface area contributed by atoms with E-state index in [1.54, 1.807) is 5.38 Å². The molecule has 1 fully saturated rings. The summed E-state index contributed by atoms with van der Waals surface area (Å²) >= 11 is 1.10. The van der Waals surface area contributed by atoms with Gasteiger partial charge in [0.1, 0.15) is 5.00 Å². The van der Waals surface area contributed by atoms with Gasteiger partial charge in [0, 0.05) is 24.8 Å². The van der Waals surface area contributed by atoms with Gasteiger partial charge in [-0.05, 0) is 48.6 Å². The Hall–Kier alpha value is -2.80. The number of methoxy groups -OCH3 is 1. The number of hydrogen-bond donors (Lipinski definition) is 3. The summed E-state index contributed by atoms with van der Waals surface area (Å²) < 4.78 is 37.3. The number of imide groups is 1. The van der Waals surface area contributed by atoms with E-state index < -0.39 is 27.9 Å². The summed E-state index contributed by atoms with van der Waals surface area (Å²) in [5.41, 5.74) is 0.307. The molecular weight excluding hydrogens is 446 g/mol. The third-order valence-corrected chi connectivity index (χ3v) is 6.87. The number of ether oxygens (including phenoxy) is 2. The summed E-state index contributed by atoms with van der Waals surface area (Å²) in [6.07, 6.45) is 0.290. The Morgan fingerprint density at radius 3 is 2.39 bits per heavy atom. The molecule has 3 N–H and O–H groups in total. The predicted molar refractivity (Wildman–Crippen MR) is 113 cm³/mol. The van der Waals surface area contributed by atoms with E-state index >= 15 is 0 Å². The molecule has 0 unspecified atom stereocenters. The second-order valence-electron chi connectivity index (χ2n) is 6.60. The number of carbonyl (C=O) groups is 3. The second kappa shape index (κ2) is 10.0. The van der Waals surface area contributed by atoms with Gasteiger partial charge in [-0.2, -0.15) is 0 Å². The molecule has 1 saturated heterocycles. The lowest BCUT2D eigenvalue weighted by Gasteiger charge is -2.22. The Kier molecular flexibility index (Phi) is 7.38. The van der Waals surface area contributed by atoms with Gasteiger partial charge in [0.2, 0.25) is 10.0 Å². The van der Waals surface area contributed by atoms with Gasteiger partial charge in [-0.1, -0.05) is 0 Å². The van der Waals surface area contributed by atoms with E-state index in [4.69, 9.17) is 4.74 Å². The molecule has 1 aromatic carbocycles. The van der Waals surface area contributed by atoms with Crippen molar-refractivity contribution in [3.8, 4) is 0 Å². The first-order chi connectivity index (χ1) is 14.8. The first kappa shape index (κ1) is 22.9. The van der Waals surface area contributed by atoms with Crippen LogP contribution >= 0.6 is 11.3 Å². The summed E-state index contributed by atoms with van der Waals surface area (Å²) in [5.74, 6) is -1.25. The lowest BCUT2D eigenvalue weighted by molar-refractivity contribution is 0.0832. The van der Waals surface area contributed by atoms with Gasteiger partial charge in [0.05, 0.1) is 17.6 Å². The third-order valence-electron chi connectivity index (χ3n) is 4.51. The van der Waals surface area contributed by atoms with E-state index in [1.807, 2.05) is 5.32 Å². The van der Waals surface area contributed by atoms with E-state index in [9.17, 15) is 22.8 Å². The lowest BCUT2D eigenvalue weighted by atomic mass is 10.1. The van der Waals surface area contributed by atoms with Crippen LogP contribution in [0, 0.1) is 0 Å². The molecule has 0 spiro atoms. The predicted octanol–water partition coefficient (Wildman–Crippen LogP) is 1.95. The van der Waals surface area contributed by atoms with Gasteiger partial charge in [-0.3, -0.25) is 14.9 Å². The molecule has 1 aliphatic rings. The van der Waals surface area contributed by atoms with Crippen molar-refractivity contribution in [3.05, 3.63) is 46.8 Å². The second-order valence-corrected chi connectivity index (χ2v) is 9.23. The molecule has 0 aliphatic carbocycles. The maximum atomic E-state index is 12.5. The average molecular weight is 468 g/mol. The van der Waals surface area contributed by atoms with Gasteiger partial charge >= 0.3 is 6.09 Å². The van der Waals surface area contributed by atoms with Crippen LogP contribution < -0.4 is 15.4 Å². The zero-order valence-corrected chi connectivity index (χ0v) is 18.2. The number of carbonyl (C=O) groups excluding carboxylic acids is 3. The summed E-state index contributed by atoms with van der Waals surface area (Å²) in [7, 11) is -2.59. The summed E-state index contributed by atoms with van der Waals surface area (Å²) in [5, 5.41) is 6.43. The normalized spacial score (nSPS) is 14.6. The molecule has 0 saturated carbocycles. The van der Waals surface area contributed by atoms with E-state index in [2.05, 4.69) is 14.8 Å². The van der Waals surface area contributed by atoms with Gasteiger partial charge < -0.3 is 14.8 Å². The largest absolute Gasteiger partial charge is 0.453 e. The summed E-state index contributed by atoms with van der Waals surface area (Å²) in [6.45, 7) is 1.02. The molecule has 31 heavy (non-hydrogen) atoms. The fourth-order valence-electron chi connectivity index (χ4n) is 2.86. The van der Waals surface area contributed by atoms with Gasteiger partial charge in [0.25, 0.3) is 11.8 Å². The molecule has 3 amide bonds. The SMILES string of the molecule is COC(=O)NC(=O)c1ccsc1NC(=O)c1ccc(S(=O)(=O)NC2CCOCC2)cc1. The number of alkyl carbamates (subject to hydrolysis) is 1. The van der Waals surface area contributed by atoms with Crippen molar-refractivity contribution in [2.45, 2.75) is 23.8 Å². The fraction of sp³-hybridized carbons (Fsp3) is 0.316. The van der Waals surface area contributed by atoms with Crippen molar-refractivity contribution in [3.63, 3.8) is 0 Å². The van der Waals surface area contributed by atoms with Crippen LogP contribution in [0.3, 0.4) is 0 Å². The van der Waals surface area contributed by atoms with E-state index in [0.717, 1.165) is 18.4 Å². The van der Waals surface area contributed by atoms with Gasteiger partial charge in [0.15, 0.2) is 0 Å². The molecule has 2 aromatic rings. The highest BCUT2D eigenvalue weighted by atomic mass is 32.2. The van der Waals surface area contributed by atoms with Crippen LogP contribution in [0.5, 0.6) is 0 Å². The van der Waals surface area contributed by atoms with Gasteiger partial charge in [-0.25, -0.2) is 17.9 Å². The highest BCUT2D eigenvalue weighted by Crippen LogP contribution is 2.24. The number of anilines is 1. The maximum absolute atomic E-state index is 12.5. The fourth-order valence-corrected chi connectivity index (χ4v) is 4.94. The smallest absolute Gasteiger partial charge is 0.413 e. The topological polar surface area (TPSA) is 140 Å². The highest BCUT2D eigenvalue weighted by Gasteiger charge is 2.23. The Morgan fingerprint density at radius 1 is 1.06 bits per heavy atom. The minimum absolute atomic E-state index is 0.0461. The first-order valence-corrected chi connectivity index (χ1v) is 11.6. The molecule has 0 bridgehead atoms. The summed E-state index contributed by atoms with van der Waals surface area (Å²) in [4.78, 5) is 35.9. The molecule has 0 atom stereocenters. The molecule has 1 aliphatic heterocycles. The summed E-state index contributed by atoms with van der Waals surface area (Å²) in [6, 6.07) is 6.72. The van der Waals surface area contributed by atoms with Crippen LogP contribution in [0.4, 0.5) is 9.80 Å². The number of benzene rings is 1. The standard InChI is InChI=1S/C19H21N3O7S2/c1-28-19(25)21-17(24)15-8-11-30-18(15)20-16(23)12-2-4-14(5-3-12)31(26,27)22-13-6-9-29-10-7-13/h2-5,8,11,13,22H,6-7,9-10H2,1H3,(H,20,23)(H,21,24,25). The number of amides is 3. The number of thiophene rings is 1. The van der Waals surface area contributed by atoms with Crippen LogP contribution in [0.15, 0.2) is 40.6 Å². The molecule has 3 rings (SSSR count). The molecule has 1 aromatic heterocycles. The lowest BCUT2D eigenvalue weighted by Crippen LogP contribution is -2.38. The van der Waals surface area contributed by atoms with Crippen molar-refractivity contribution < 1.29 is 32.3 Å². The molecule has 10 nitrogen and oxygen atoms in total. The Labute approximate surface area is 183 Å². The van der Waals surface area contributed by atoms with Crippen LogP contribution in [-0.4, -0.2) is 52.7 Å². The van der Waals surface area contributed by atoms with Crippen molar-refractivity contribution >= 4 is 44.3 Å². The van der Waals surface area contributed by atoms with Crippen molar-refractivity contribution in [2.24, 2.45) is 0 Å². The first-order valence-electron chi connectivity index (χ1n) is 9.28. The Bertz CT molecular complexity index is 1060. The molecule has 2 heterocycles. The van der Waals surface area contributed by atoms with E-state index in [1.165, 1.54) is 30.3 Å². The maximum Gasteiger partial charge on any atom is 0.413 e. The number of sulfonamides is 1. The molecular formula is C19H21N3O7S2. The van der Waals surface area contributed by atoms with Crippen molar-refractivity contribution in [1.29, 1.82) is 0 Å². The van der Waals surface area contributed by atoms with Gasteiger partial charge in [-0.15, -0.1) is 11.3 Å². The van der Waals surface area contributed by atoms with Crippen LogP contribution in [-0.2, 0) is 19.5 Å². The minimum Gasteiger partial charge on any atom is -0.453 e. The monoisotopic (exact) mass is 467 g/mol. The van der Waals surface area contributed by atoms with Crippen LogP contribution in [0.2, 0.25) is 0 Å². The van der Waals surface area contributed by atoms with Crippen molar-refractivity contribution in [2.75, 3.05) is 25.6 Å². The molecule has 12 heteroatoms. The number of nitrogens with one attached hydrogen (secondary N) is 3. The number of hydrogen-bond acceptors (Lipinski definition) is 8. The van der Waals surface area contributed by atoms with Crippen LogP contribution in [0.1, 0.15) is 33.6 Å². The van der Waals surface area contributed by atoms with Crippen LogP contribution in [0.25, 0.3) is 0 Å². The third kappa shape index (κ3) is 5.88. The Balaban J connectivity index is 1.67. The molecule has 0 radical (unpaired) electrons. The quantitative estimate of drug-likeness (QED) is 0.590. The molecule has 166 valence electrons. The number of rotatable bonds is 6. The van der Waals surface area contributed by atoms with Crippen molar-refractivity contribution in [1.82, 2.24) is 10.0 Å². The average Bonchev–Trinajstić information content (AvgIpc) is 3.22. The van der Waals surface area contributed by atoms with E-state index in [0.29, 0.717) is 26.1 Å². The highest BCUT2D eigenvalue weighted by molar-refractivity contribution is 7.89.